The first-order valence-corrected chi connectivity index (χ1v) is 3.97. The minimum absolute atomic E-state index is 0.315. The number of hydrogen-bond acceptors (Lipinski definition) is 2. The standard InChI is InChI=1S/C8H17NO/c1-4-7(9-6-3)8(10)5-2/h8,10H,4-6H2,1-3H3. The van der Waals surface area contributed by atoms with Gasteiger partial charge in [-0.25, -0.2) is 0 Å². The number of aliphatic hydroxyl groups is 1. The number of aliphatic imine (C=N–C) groups is 1. The van der Waals surface area contributed by atoms with Crippen LogP contribution in [0.4, 0.5) is 0 Å². The lowest BCUT2D eigenvalue weighted by molar-refractivity contribution is 0.235. The largest absolute Gasteiger partial charge is 0.387 e. The number of rotatable bonds is 4. The predicted molar refractivity (Wildman–Crippen MR) is 44.6 cm³/mol. The van der Waals surface area contributed by atoms with Gasteiger partial charge in [0.15, 0.2) is 0 Å². The van der Waals surface area contributed by atoms with Gasteiger partial charge in [-0.1, -0.05) is 13.8 Å². The van der Waals surface area contributed by atoms with E-state index >= 15 is 0 Å². The Morgan fingerprint density at radius 3 is 2.30 bits per heavy atom. The van der Waals surface area contributed by atoms with Crippen LogP contribution in [-0.4, -0.2) is 23.5 Å². The number of nitrogens with zero attached hydrogens (tertiary/aromatic N) is 1. The van der Waals surface area contributed by atoms with E-state index in [0.29, 0.717) is 0 Å². The zero-order valence-electron chi connectivity index (χ0n) is 7.09. The molecule has 0 spiro atoms. The van der Waals surface area contributed by atoms with Crippen LogP contribution in [-0.2, 0) is 0 Å². The zero-order chi connectivity index (χ0) is 7.98. The third-order valence-corrected chi connectivity index (χ3v) is 1.49. The van der Waals surface area contributed by atoms with Crippen molar-refractivity contribution < 1.29 is 5.11 Å². The van der Waals surface area contributed by atoms with Gasteiger partial charge in [0.05, 0.1) is 6.10 Å². The fourth-order valence-corrected chi connectivity index (χ4v) is 0.892. The van der Waals surface area contributed by atoms with Gasteiger partial charge in [-0.3, -0.25) is 4.99 Å². The van der Waals surface area contributed by atoms with Gasteiger partial charge in [0, 0.05) is 12.3 Å². The van der Waals surface area contributed by atoms with E-state index in [1.54, 1.807) is 0 Å². The van der Waals surface area contributed by atoms with Gasteiger partial charge >= 0.3 is 0 Å². The van der Waals surface area contributed by atoms with Crippen LogP contribution in [0.1, 0.15) is 33.6 Å². The average molecular weight is 143 g/mol. The van der Waals surface area contributed by atoms with Crippen LogP contribution < -0.4 is 0 Å². The Morgan fingerprint density at radius 1 is 1.40 bits per heavy atom. The third-order valence-electron chi connectivity index (χ3n) is 1.49. The molecule has 0 heterocycles. The SMILES string of the molecule is CCN=C(CC)C(O)CC. The molecule has 1 N–H and O–H groups in total. The number of aliphatic hydroxyl groups excluding tert-OH is 1. The molecule has 1 unspecified atom stereocenters. The molecule has 60 valence electrons. The Balaban J connectivity index is 3.92. The molecule has 0 rings (SSSR count). The molecule has 0 amide bonds. The monoisotopic (exact) mass is 143 g/mol. The van der Waals surface area contributed by atoms with Crippen LogP contribution in [0.15, 0.2) is 4.99 Å². The molecule has 2 nitrogen and oxygen atoms in total. The van der Waals surface area contributed by atoms with Crippen molar-refractivity contribution in [1.82, 2.24) is 0 Å². The molecule has 0 aliphatic rings. The van der Waals surface area contributed by atoms with Crippen molar-refractivity contribution in [3.8, 4) is 0 Å². The van der Waals surface area contributed by atoms with Crippen LogP contribution in [0.5, 0.6) is 0 Å². The topological polar surface area (TPSA) is 32.6 Å². The van der Waals surface area contributed by atoms with Gasteiger partial charge < -0.3 is 5.11 Å². The maximum Gasteiger partial charge on any atom is 0.0913 e. The Kier molecular flexibility index (Phi) is 5.22. The second-order valence-electron chi connectivity index (χ2n) is 2.24. The first kappa shape index (κ1) is 9.63. The fourth-order valence-electron chi connectivity index (χ4n) is 0.892. The average Bonchev–Trinajstić information content (AvgIpc) is 1.99. The summed E-state index contributed by atoms with van der Waals surface area (Å²) in [6.45, 7) is 6.75. The Labute approximate surface area is 63.0 Å². The van der Waals surface area contributed by atoms with Gasteiger partial charge in [-0.2, -0.15) is 0 Å². The lowest BCUT2D eigenvalue weighted by atomic mass is 10.1. The minimum Gasteiger partial charge on any atom is -0.387 e. The third kappa shape index (κ3) is 2.97. The molecule has 0 saturated heterocycles. The zero-order valence-corrected chi connectivity index (χ0v) is 7.09. The van der Waals surface area contributed by atoms with Crippen molar-refractivity contribution in [3.05, 3.63) is 0 Å². The molecular weight excluding hydrogens is 126 g/mol. The van der Waals surface area contributed by atoms with Gasteiger partial charge in [-0.15, -0.1) is 0 Å². The van der Waals surface area contributed by atoms with Crippen LogP contribution in [0.3, 0.4) is 0 Å². The maximum atomic E-state index is 9.32. The highest BCUT2D eigenvalue weighted by molar-refractivity contribution is 5.88. The normalized spacial score (nSPS) is 15.4. The van der Waals surface area contributed by atoms with E-state index in [4.69, 9.17) is 0 Å². The fraction of sp³-hybridized carbons (Fsp3) is 0.875. The summed E-state index contributed by atoms with van der Waals surface area (Å²) in [6.07, 6.45) is 1.32. The summed E-state index contributed by atoms with van der Waals surface area (Å²) in [6, 6.07) is 0. The molecular formula is C8H17NO. The molecule has 1 atom stereocenters. The van der Waals surface area contributed by atoms with Crippen molar-refractivity contribution in [1.29, 1.82) is 0 Å². The molecule has 0 aromatic rings. The molecule has 0 radical (unpaired) electrons. The van der Waals surface area contributed by atoms with Crippen LogP contribution >= 0.6 is 0 Å². The Bertz CT molecular complexity index is 110. The Hall–Kier alpha value is -0.370. The van der Waals surface area contributed by atoms with Gasteiger partial charge in [0.2, 0.25) is 0 Å². The quantitative estimate of drug-likeness (QED) is 0.596. The number of hydrogen-bond donors (Lipinski definition) is 1. The van der Waals surface area contributed by atoms with E-state index in [1.807, 2.05) is 20.8 Å². The summed E-state index contributed by atoms with van der Waals surface area (Å²) in [5, 5.41) is 9.32. The highest BCUT2D eigenvalue weighted by Crippen LogP contribution is 1.98. The van der Waals surface area contributed by atoms with E-state index in [-0.39, 0.29) is 6.10 Å². The summed E-state index contributed by atoms with van der Waals surface area (Å²) < 4.78 is 0. The molecule has 0 fully saturated rings. The summed E-state index contributed by atoms with van der Waals surface area (Å²) in [5.74, 6) is 0. The first-order chi connectivity index (χ1) is 4.76. The summed E-state index contributed by atoms with van der Waals surface area (Å²) in [4.78, 5) is 4.18. The van der Waals surface area contributed by atoms with Crippen LogP contribution in [0.25, 0.3) is 0 Å². The molecule has 0 aliphatic carbocycles. The van der Waals surface area contributed by atoms with E-state index in [9.17, 15) is 5.11 Å². The lowest BCUT2D eigenvalue weighted by Gasteiger charge is -2.08. The van der Waals surface area contributed by atoms with E-state index in [0.717, 1.165) is 25.1 Å². The van der Waals surface area contributed by atoms with Gasteiger partial charge in [-0.05, 0) is 19.8 Å². The minimum atomic E-state index is -0.315. The summed E-state index contributed by atoms with van der Waals surface area (Å²) in [5.41, 5.74) is 0.935. The van der Waals surface area contributed by atoms with Crippen molar-refractivity contribution in [2.24, 2.45) is 4.99 Å². The molecule has 0 saturated carbocycles. The van der Waals surface area contributed by atoms with E-state index < -0.39 is 0 Å². The smallest absolute Gasteiger partial charge is 0.0913 e. The predicted octanol–water partition coefficient (Wildman–Crippen LogP) is 1.63. The molecule has 2 heteroatoms. The highest BCUT2D eigenvalue weighted by atomic mass is 16.3. The molecule has 0 aromatic heterocycles. The molecule has 0 aromatic carbocycles. The molecule has 10 heavy (non-hydrogen) atoms. The van der Waals surface area contributed by atoms with Crippen LogP contribution in [0, 0.1) is 0 Å². The van der Waals surface area contributed by atoms with E-state index in [1.165, 1.54) is 0 Å². The van der Waals surface area contributed by atoms with Gasteiger partial charge in [0.1, 0.15) is 0 Å². The maximum absolute atomic E-state index is 9.32. The van der Waals surface area contributed by atoms with Crippen molar-refractivity contribution in [2.75, 3.05) is 6.54 Å². The van der Waals surface area contributed by atoms with Crippen molar-refractivity contribution in [2.45, 2.75) is 39.7 Å². The second kappa shape index (κ2) is 5.42. The second-order valence-corrected chi connectivity index (χ2v) is 2.24. The molecule has 0 aliphatic heterocycles. The van der Waals surface area contributed by atoms with Crippen LogP contribution in [0.2, 0.25) is 0 Å². The lowest BCUT2D eigenvalue weighted by Crippen LogP contribution is -2.18. The summed E-state index contributed by atoms with van der Waals surface area (Å²) >= 11 is 0. The van der Waals surface area contributed by atoms with E-state index in [2.05, 4.69) is 4.99 Å². The van der Waals surface area contributed by atoms with Gasteiger partial charge in [0.25, 0.3) is 0 Å². The first-order valence-electron chi connectivity index (χ1n) is 3.97. The summed E-state index contributed by atoms with van der Waals surface area (Å²) in [7, 11) is 0. The molecule has 0 bridgehead atoms. The Morgan fingerprint density at radius 2 is 2.00 bits per heavy atom. The van der Waals surface area contributed by atoms with Crippen molar-refractivity contribution >= 4 is 5.71 Å². The van der Waals surface area contributed by atoms with Crippen molar-refractivity contribution in [3.63, 3.8) is 0 Å². The highest BCUT2D eigenvalue weighted by Gasteiger charge is 2.05.